The number of nitrogens with one attached hydrogen (secondary N) is 1. The van der Waals surface area contributed by atoms with Gasteiger partial charge in [0.25, 0.3) is 0 Å². The first-order chi connectivity index (χ1) is 16.4. The maximum absolute atomic E-state index is 13.2. The summed E-state index contributed by atoms with van der Waals surface area (Å²) in [7, 11) is -2.06. The number of benzene rings is 1. The molecule has 1 aromatic carbocycles. The van der Waals surface area contributed by atoms with Crippen LogP contribution in [0.3, 0.4) is 0 Å². The van der Waals surface area contributed by atoms with Gasteiger partial charge in [-0.15, -0.1) is 0 Å². The number of carbonyl (C=O) groups is 2. The molecule has 8 nitrogen and oxygen atoms in total. The second-order valence-electron chi connectivity index (χ2n) is 9.33. The standard InChI is InChI=1S/C25H39N3O5S/c1-3-4-5-6-15-26-24(29)21-8-7-16-27(19-21)25(30)20-13-17-28(18-14-20)34(31,32)23-11-9-22(33-2)10-12-23/h9-12,20-21H,3-8,13-19H2,1-2H3,(H,26,29). The minimum atomic E-state index is -3.60. The Kier molecular flexibility index (Phi) is 9.76. The lowest BCUT2D eigenvalue weighted by molar-refractivity contribution is -0.140. The smallest absolute Gasteiger partial charge is 0.243 e. The molecule has 34 heavy (non-hydrogen) atoms. The first-order valence-electron chi connectivity index (χ1n) is 12.6. The van der Waals surface area contributed by atoms with Crippen LogP contribution in [-0.2, 0) is 19.6 Å². The van der Waals surface area contributed by atoms with E-state index in [1.165, 1.54) is 24.3 Å². The molecule has 2 fully saturated rings. The van der Waals surface area contributed by atoms with Crippen molar-refractivity contribution in [3.8, 4) is 5.75 Å². The van der Waals surface area contributed by atoms with Gasteiger partial charge >= 0.3 is 0 Å². The SMILES string of the molecule is CCCCCCNC(=O)C1CCCN(C(=O)C2CCN(S(=O)(=O)c3ccc(OC)cc3)CC2)C1. The molecule has 0 radical (unpaired) electrons. The van der Waals surface area contributed by atoms with Crippen LogP contribution in [0.5, 0.6) is 5.75 Å². The molecule has 0 aliphatic carbocycles. The van der Waals surface area contributed by atoms with E-state index in [-0.39, 0.29) is 28.5 Å². The molecule has 190 valence electrons. The van der Waals surface area contributed by atoms with Crippen molar-refractivity contribution < 1.29 is 22.7 Å². The zero-order valence-corrected chi connectivity index (χ0v) is 21.3. The topological polar surface area (TPSA) is 96.0 Å². The highest BCUT2D eigenvalue weighted by Gasteiger charge is 2.36. The molecule has 3 rings (SSSR count). The van der Waals surface area contributed by atoms with Crippen LogP contribution in [0.1, 0.15) is 58.3 Å². The van der Waals surface area contributed by atoms with E-state index in [1.54, 1.807) is 24.3 Å². The summed E-state index contributed by atoms with van der Waals surface area (Å²) in [6.07, 6.45) is 7.10. The molecule has 2 saturated heterocycles. The number of likely N-dealkylation sites (tertiary alicyclic amines) is 1. The molecular weight excluding hydrogens is 454 g/mol. The third-order valence-electron chi connectivity index (χ3n) is 6.93. The van der Waals surface area contributed by atoms with Crippen molar-refractivity contribution in [1.82, 2.24) is 14.5 Å². The second kappa shape index (κ2) is 12.5. The van der Waals surface area contributed by atoms with Crippen LogP contribution in [0.15, 0.2) is 29.2 Å². The number of carbonyl (C=O) groups excluding carboxylic acids is 2. The van der Waals surface area contributed by atoms with Crippen LogP contribution in [-0.4, -0.2) is 69.3 Å². The predicted molar refractivity (Wildman–Crippen MR) is 131 cm³/mol. The number of nitrogens with zero attached hydrogens (tertiary/aromatic N) is 2. The number of rotatable bonds is 10. The van der Waals surface area contributed by atoms with Crippen LogP contribution in [0.4, 0.5) is 0 Å². The fourth-order valence-corrected chi connectivity index (χ4v) is 6.27. The molecule has 9 heteroatoms. The van der Waals surface area contributed by atoms with Crippen LogP contribution in [0.2, 0.25) is 0 Å². The fraction of sp³-hybridized carbons (Fsp3) is 0.680. The Morgan fingerprint density at radius 2 is 1.71 bits per heavy atom. The molecule has 2 amide bonds. The summed E-state index contributed by atoms with van der Waals surface area (Å²) in [6.45, 7) is 4.63. The minimum absolute atomic E-state index is 0.0504. The van der Waals surface area contributed by atoms with Gasteiger partial charge in [0.2, 0.25) is 21.8 Å². The summed E-state index contributed by atoms with van der Waals surface area (Å²) >= 11 is 0. The van der Waals surface area contributed by atoms with Gasteiger partial charge in [-0.05, 0) is 56.4 Å². The molecule has 1 unspecified atom stereocenters. The average Bonchev–Trinajstić information content (AvgIpc) is 2.88. The number of piperidine rings is 2. The van der Waals surface area contributed by atoms with Gasteiger partial charge in [0.15, 0.2) is 0 Å². The Morgan fingerprint density at radius 1 is 1.00 bits per heavy atom. The Hall–Kier alpha value is -2.13. The summed E-state index contributed by atoms with van der Waals surface area (Å²) in [5.41, 5.74) is 0. The van der Waals surface area contributed by atoms with E-state index in [0.717, 1.165) is 25.7 Å². The number of amides is 2. The van der Waals surface area contributed by atoms with Crippen molar-refractivity contribution in [3.05, 3.63) is 24.3 Å². The highest BCUT2D eigenvalue weighted by atomic mass is 32.2. The number of unbranched alkanes of at least 4 members (excludes halogenated alkanes) is 3. The zero-order valence-electron chi connectivity index (χ0n) is 20.5. The van der Waals surface area contributed by atoms with Crippen molar-refractivity contribution >= 4 is 21.8 Å². The van der Waals surface area contributed by atoms with Gasteiger partial charge in [0.1, 0.15) is 5.75 Å². The minimum Gasteiger partial charge on any atom is -0.497 e. The van der Waals surface area contributed by atoms with Crippen molar-refractivity contribution in [2.24, 2.45) is 11.8 Å². The lowest BCUT2D eigenvalue weighted by Crippen LogP contribution is -2.49. The molecule has 1 aromatic rings. The zero-order chi connectivity index (χ0) is 24.6. The van der Waals surface area contributed by atoms with Crippen LogP contribution >= 0.6 is 0 Å². The monoisotopic (exact) mass is 493 g/mol. The van der Waals surface area contributed by atoms with E-state index in [1.807, 2.05) is 4.90 Å². The molecule has 0 aromatic heterocycles. The third-order valence-corrected chi connectivity index (χ3v) is 8.85. The summed E-state index contributed by atoms with van der Waals surface area (Å²) < 4.78 is 32.5. The van der Waals surface area contributed by atoms with E-state index in [2.05, 4.69) is 12.2 Å². The van der Waals surface area contributed by atoms with Gasteiger partial charge in [-0.1, -0.05) is 26.2 Å². The Labute approximate surface area is 204 Å². The van der Waals surface area contributed by atoms with E-state index in [0.29, 0.717) is 51.3 Å². The second-order valence-corrected chi connectivity index (χ2v) is 11.3. The molecule has 2 heterocycles. The molecule has 0 saturated carbocycles. The molecule has 1 N–H and O–H groups in total. The van der Waals surface area contributed by atoms with E-state index in [4.69, 9.17) is 4.74 Å². The van der Waals surface area contributed by atoms with Gasteiger partial charge in [0, 0.05) is 38.6 Å². The fourth-order valence-electron chi connectivity index (χ4n) is 4.80. The molecule has 1 atom stereocenters. The van der Waals surface area contributed by atoms with Gasteiger partial charge in [0.05, 0.1) is 17.9 Å². The number of hydrogen-bond donors (Lipinski definition) is 1. The molecule has 0 bridgehead atoms. The van der Waals surface area contributed by atoms with Crippen molar-refractivity contribution in [3.63, 3.8) is 0 Å². The van der Waals surface area contributed by atoms with Gasteiger partial charge < -0.3 is 15.0 Å². The van der Waals surface area contributed by atoms with Crippen LogP contribution in [0, 0.1) is 11.8 Å². The molecule has 0 spiro atoms. The van der Waals surface area contributed by atoms with Crippen molar-refractivity contribution in [2.75, 3.05) is 39.8 Å². The number of hydrogen-bond acceptors (Lipinski definition) is 5. The molecular formula is C25H39N3O5S. The number of methoxy groups -OCH3 is 1. The summed E-state index contributed by atoms with van der Waals surface area (Å²) in [4.78, 5) is 27.8. The Morgan fingerprint density at radius 3 is 2.35 bits per heavy atom. The highest BCUT2D eigenvalue weighted by Crippen LogP contribution is 2.28. The van der Waals surface area contributed by atoms with E-state index < -0.39 is 10.0 Å². The quantitative estimate of drug-likeness (QED) is 0.506. The summed E-state index contributed by atoms with van der Waals surface area (Å²) in [5, 5.41) is 3.04. The first-order valence-corrected chi connectivity index (χ1v) is 14.0. The molecule has 2 aliphatic rings. The summed E-state index contributed by atoms with van der Waals surface area (Å²) in [6, 6.07) is 6.37. The van der Waals surface area contributed by atoms with E-state index >= 15 is 0 Å². The predicted octanol–water partition coefficient (Wildman–Crippen LogP) is 3.03. The summed E-state index contributed by atoms with van der Waals surface area (Å²) in [5.74, 6) is 0.363. The van der Waals surface area contributed by atoms with E-state index in [9.17, 15) is 18.0 Å². The Balaban J connectivity index is 1.49. The highest BCUT2D eigenvalue weighted by molar-refractivity contribution is 7.89. The third kappa shape index (κ3) is 6.72. The van der Waals surface area contributed by atoms with Crippen LogP contribution < -0.4 is 10.1 Å². The van der Waals surface area contributed by atoms with Crippen LogP contribution in [0.25, 0.3) is 0 Å². The number of ether oxygens (including phenoxy) is 1. The number of sulfonamides is 1. The lowest BCUT2D eigenvalue weighted by Gasteiger charge is -2.37. The van der Waals surface area contributed by atoms with Crippen molar-refractivity contribution in [2.45, 2.75) is 63.2 Å². The lowest BCUT2D eigenvalue weighted by atomic mass is 9.92. The normalized spacial score (nSPS) is 20.2. The average molecular weight is 494 g/mol. The molecule has 2 aliphatic heterocycles. The van der Waals surface area contributed by atoms with Gasteiger partial charge in [-0.2, -0.15) is 4.31 Å². The van der Waals surface area contributed by atoms with Gasteiger partial charge in [-0.3, -0.25) is 9.59 Å². The largest absolute Gasteiger partial charge is 0.497 e. The maximum atomic E-state index is 13.2. The van der Waals surface area contributed by atoms with Gasteiger partial charge in [-0.25, -0.2) is 8.42 Å². The maximum Gasteiger partial charge on any atom is 0.243 e. The van der Waals surface area contributed by atoms with Crippen molar-refractivity contribution in [1.29, 1.82) is 0 Å². The Bertz CT molecular complexity index is 911. The first kappa shape index (κ1) is 26.5.